The average Bonchev–Trinajstić information content (AvgIpc) is 2.65. The van der Waals surface area contributed by atoms with E-state index in [1.165, 1.54) is 70.8 Å². The highest BCUT2D eigenvalue weighted by molar-refractivity contribution is 4.81. The van der Waals surface area contributed by atoms with E-state index in [1.54, 1.807) is 0 Å². The van der Waals surface area contributed by atoms with Crippen molar-refractivity contribution in [3.8, 4) is 0 Å². The van der Waals surface area contributed by atoms with Crippen LogP contribution in [0.1, 0.15) is 64.2 Å². The van der Waals surface area contributed by atoms with Gasteiger partial charge in [0.2, 0.25) is 0 Å². The molecule has 2 heteroatoms. The van der Waals surface area contributed by atoms with Gasteiger partial charge in [-0.25, -0.2) is 0 Å². The minimum Gasteiger partial charge on any atom is -0.396 e. The second kappa shape index (κ2) is 7.38. The number of aliphatic hydroxyl groups is 1. The van der Waals surface area contributed by atoms with Gasteiger partial charge < -0.3 is 10.4 Å². The van der Waals surface area contributed by atoms with Crippen molar-refractivity contribution in [1.29, 1.82) is 0 Å². The Morgan fingerprint density at radius 2 is 1.47 bits per heavy atom. The molecule has 0 heterocycles. The summed E-state index contributed by atoms with van der Waals surface area (Å²) in [5, 5.41) is 13.2. The standard InChI is InChI=1S/C15H29NO/c17-12-14-9-5-6-10-15(14)16-11-13-7-3-1-2-4-8-13/h13-17H,1-12H2. The van der Waals surface area contributed by atoms with Crippen LogP contribution in [0.5, 0.6) is 0 Å². The van der Waals surface area contributed by atoms with E-state index in [2.05, 4.69) is 5.32 Å². The lowest BCUT2D eigenvalue weighted by Crippen LogP contribution is -2.42. The van der Waals surface area contributed by atoms with Crippen LogP contribution in [0.25, 0.3) is 0 Å². The second-order valence-corrected chi connectivity index (χ2v) is 6.10. The smallest absolute Gasteiger partial charge is 0.0474 e. The van der Waals surface area contributed by atoms with E-state index in [-0.39, 0.29) is 0 Å². The molecule has 0 aliphatic heterocycles. The largest absolute Gasteiger partial charge is 0.396 e. The molecule has 0 aromatic rings. The molecule has 0 bridgehead atoms. The van der Waals surface area contributed by atoms with Crippen LogP contribution in [-0.2, 0) is 0 Å². The molecule has 2 fully saturated rings. The third-order valence-corrected chi connectivity index (χ3v) is 4.79. The average molecular weight is 239 g/mol. The van der Waals surface area contributed by atoms with Crippen molar-refractivity contribution in [2.45, 2.75) is 70.3 Å². The normalized spacial score (nSPS) is 32.3. The molecular formula is C15H29NO. The Balaban J connectivity index is 1.71. The summed E-state index contributed by atoms with van der Waals surface area (Å²) in [6.07, 6.45) is 13.7. The van der Waals surface area contributed by atoms with Crippen molar-refractivity contribution in [2.24, 2.45) is 11.8 Å². The van der Waals surface area contributed by atoms with E-state index < -0.39 is 0 Å². The highest BCUT2D eigenvalue weighted by Crippen LogP contribution is 2.26. The van der Waals surface area contributed by atoms with E-state index in [9.17, 15) is 5.11 Å². The van der Waals surface area contributed by atoms with E-state index in [0.29, 0.717) is 18.6 Å². The number of aliphatic hydroxyl groups excluding tert-OH is 1. The molecule has 100 valence electrons. The van der Waals surface area contributed by atoms with Crippen molar-refractivity contribution >= 4 is 0 Å². The third kappa shape index (κ3) is 4.26. The summed E-state index contributed by atoms with van der Waals surface area (Å²) in [7, 11) is 0. The van der Waals surface area contributed by atoms with Crippen LogP contribution in [0.15, 0.2) is 0 Å². The van der Waals surface area contributed by atoms with Crippen molar-refractivity contribution in [3.05, 3.63) is 0 Å². The van der Waals surface area contributed by atoms with Crippen molar-refractivity contribution in [1.82, 2.24) is 5.32 Å². The first-order valence-corrected chi connectivity index (χ1v) is 7.74. The van der Waals surface area contributed by atoms with E-state index >= 15 is 0 Å². The maximum absolute atomic E-state index is 9.40. The van der Waals surface area contributed by atoms with Crippen LogP contribution in [0.3, 0.4) is 0 Å². The highest BCUT2D eigenvalue weighted by atomic mass is 16.3. The van der Waals surface area contributed by atoms with Gasteiger partial charge >= 0.3 is 0 Å². The predicted octanol–water partition coefficient (Wildman–Crippen LogP) is 3.10. The Morgan fingerprint density at radius 3 is 2.18 bits per heavy atom. The molecule has 2 rings (SSSR count). The molecule has 0 aromatic heterocycles. The summed E-state index contributed by atoms with van der Waals surface area (Å²) in [6, 6.07) is 0.594. The van der Waals surface area contributed by atoms with Crippen molar-refractivity contribution in [3.63, 3.8) is 0 Å². The van der Waals surface area contributed by atoms with Gasteiger partial charge in [0.05, 0.1) is 0 Å². The third-order valence-electron chi connectivity index (χ3n) is 4.79. The molecule has 2 atom stereocenters. The monoisotopic (exact) mass is 239 g/mol. The molecule has 0 saturated heterocycles. The Hall–Kier alpha value is -0.0800. The lowest BCUT2D eigenvalue weighted by Gasteiger charge is -2.32. The molecular weight excluding hydrogens is 210 g/mol. The molecule has 2 N–H and O–H groups in total. The molecule has 2 aliphatic rings. The quantitative estimate of drug-likeness (QED) is 0.739. The molecule has 2 aliphatic carbocycles. The van der Waals surface area contributed by atoms with Gasteiger partial charge in [0.15, 0.2) is 0 Å². The first kappa shape index (κ1) is 13.4. The number of hydrogen-bond donors (Lipinski definition) is 2. The highest BCUT2D eigenvalue weighted by Gasteiger charge is 2.24. The summed E-state index contributed by atoms with van der Waals surface area (Å²) < 4.78 is 0. The van der Waals surface area contributed by atoms with Gasteiger partial charge in [-0.05, 0) is 44.1 Å². The molecule has 2 saturated carbocycles. The van der Waals surface area contributed by atoms with E-state index in [1.807, 2.05) is 0 Å². The van der Waals surface area contributed by atoms with Crippen LogP contribution < -0.4 is 5.32 Å². The maximum atomic E-state index is 9.40. The summed E-state index contributed by atoms with van der Waals surface area (Å²) in [5.74, 6) is 1.42. The molecule has 0 amide bonds. The van der Waals surface area contributed by atoms with Crippen LogP contribution in [-0.4, -0.2) is 24.3 Å². The number of rotatable bonds is 4. The summed E-state index contributed by atoms with van der Waals surface area (Å²) in [4.78, 5) is 0. The first-order valence-electron chi connectivity index (χ1n) is 7.74. The Bertz CT molecular complexity index is 199. The zero-order valence-corrected chi connectivity index (χ0v) is 11.2. The molecule has 0 aromatic carbocycles. The molecule has 0 radical (unpaired) electrons. The first-order chi connectivity index (χ1) is 8.40. The minimum atomic E-state index is 0.377. The molecule has 0 spiro atoms. The summed E-state index contributed by atoms with van der Waals surface area (Å²) >= 11 is 0. The van der Waals surface area contributed by atoms with Crippen molar-refractivity contribution < 1.29 is 5.11 Å². The lowest BCUT2D eigenvalue weighted by atomic mass is 9.84. The fourth-order valence-electron chi connectivity index (χ4n) is 3.58. The van der Waals surface area contributed by atoms with Gasteiger partial charge in [0, 0.05) is 12.6 Å². The summed E-state index contributed by atoms with van der Waals surface area (Å²) in [6.45, 7) is 1.57. The number of nitrogens with one attached hydrogen (secondary N) is 1. The molecule has 2 unspecified atom stereocenters. The number of hydrogen-bond acceptors (Lipinski definition) is 2. The van der Waals surface area contributed by atoms with E-state index in [4.69, 9.17) is 0 Å². The SMILES string of the molecule is OCC1CCCCC1NCC1CCCCCC1. The molecule has 17 heavy (non-hydrogen) atoms. The Morgan fingerprint density at radius 1 is 0.824 bits per heavy atom. The summed E-state index contributed by atoms with van der Waals surface area (Å²) in [5.41, 5.74) is 0. The maximum Gasteiger partial charge on any atom is 0.0474 e. The van der Waals surface area contributed by atoms with Gasteiger partial charge in [-0.3, -0.25) is 0 Å². The van der Waals surface area contributed by atoms with Gasteiger partial charge in [0.1, 0.15) is 0 Å². The van der Waals surface area contributed by atoms with Crippen LogP contribution in [0, 0.1) is 11.8 Å². The van der Waals surface area contributed by atoms with Gasteiger partial charge in [0.25, 0.3) is 0 Å². The van der Waals surface area contributed by atoms with E-state index in [0.717, 1.165) is 5.92 Å². The minimum absolute atomic E-state index is 0.377. The van der Waals surface area contributed by atoms with Crippen LogP contribution in [0.2, 0.25) is 0 Å². The van der Waals surface area contributed by atoms with Gasteiger partial charge in [-0.15, -0.1) is 0 Å². The molecule has 2 nitrogen and oxygen atoms in total. The zero-order chi connectivity index (χ0) is 11.9. The van der Waals surface area contributed by atoms with Crippen LogP contribution in [0.4, 0.5) is 0 Å². The fraction of sp³-hybridized carbons (Fsp3) is 1.00. The van der Waals surface area contributed by atoms with Crippen LogP contribution >= 0.6 is 0 Å². The van der Waals surface area contributed by atoms with Crippen molar-refractivity contribution in [2.75, 3.05) is 13.2 Å². The predicted molar refractivity (Wildman–Crippen MR) is 72.0 cm³/mol. The Labute approximate surface area is 106 Å². The second-order valence-electron chi connectivity index (χ2n) is 6.10. The lowest BCUT2D eigenvalue weighted by molar-refractivity contribution is 0.149. The van der Waals surface area contributed by atoms with Gasteiger partial charge in [-0.1, -0.05) is 38.5 Å². The fourth-order valence-corrected chi connectivity index (χ4v) is 3.58. The van der Waals surface area contributed by atoms with Gasteiger partial charge in [-0.2, -0.15) is 0 Å². The topological polar surface area (TPSA) is 32.3 Å². The zero-order valence-electron chi connectivity index (χ0n) is 11.2. The Kier molecular flexibility index (Phi) is 5.79.